The fourth-order valence-corrected chi connectivity index (χ4v) is 7.25. The number of carbonyl (C=O) groups is 1. The maximum absolute atomic E-state index is 13.5. The molecule has 0 spiro atoms. The minimum absolute atomic E-state index is 0.00929. The molecule has 9 heteroatoms. The Morgan fingerprint density at radius 2 is 1.40 bits per heavy atom. The average molecular weight is 657 g/mol. The molecule has 1 fully saturated rings. The lowest BCUT2D eigenvalue weighted by Gasteiger charge is -2.37. The van der Waals surface area contributed by atoms with Gasteiger partial charge in [-0.25, -0.2) is 4.98 Å². The Morgan fingerprint density at radius 1 is 0.771 bits per heavy atom. The van der Waals surface area contributed by atoms with E-state index in [9.17, 15) is 13.2 Å². The molecule has 1 amide bonds. The third-order valence-electron chi connectivity index (χ3n) is 8.95. The monoisotopic (exact) mass is 656 g/mol. The molecule has 7 rings (SSSR count). The molecular formula is C39H36N4O4S. The van der Waals surface area contributed by atoms with Gasteiger partial charge in [0.25, 0.3) is 0 Å². The molecular weight excluding hydrogens is 621 g/mol. The van der Waals surface area contributed by atoms with Gasteiger partial charge in [-0.05, 0) is 40.3 Å². The standard InChI is InChI=1S/C39H36N4O4S/c1-48(45,46)47-35-21-20-30-12-11-19-37(36(30)26-35)43-25-24-41(28-38(43)44)23-22-34-27-42(29-40-34)39(31-13-5-2-6-14-31,32-15-7-3-8-16-32)33-17-9-4-10-18-33/h2-21,26-27,29H,22-25,28H2,1H3. The summed E-state index contributed by atoms with van der Waals surface area (Å²) in [6.07, 6.45) is 5.77. The fourth-order valence-electron chi connectivity index (χ4n) is 6.80. The van der Waals surface area contributed by atoms with E-state index in [1.54, 1.807) is 23.1 Å². The molecule has 0 N–H and O–H groups in total. The Morgan fingerprint density at radius 3 is 1.98 bits per heavy atom. The maximum Gasteiger partial charge on any atom is 0.306 e. The molecule has 5 aromatic carbocycles. The summed E-state index contributed by atoms with van der Waals surface area (Å²) >= 11 is 0. The van der Waals surface area contributed by atoms with Gasteiger partial charge >= 0.3 is 10.1 Å². The molecule has 0 atom stereocenters. The van der Waals surface area contributed by atoms with E-state index < -0.39 is 15.7 Å². The van der Waals surface area contributed by atoms with Gasteiger partial charge < -0.3 is 13.7 Å². The quantitative estimate of drug-likeness (QED) is 0.131. The minimum atomic E-state index is -3.67. The zero-order valence-electron chi connectivity index (χ0n) is 26.6. The third kappa shape index (κ3) is 6.22. The molecule has 0 saturated carbocycles. The molecule has 0 bridgehead atoms. The molecule has 6 aromatic rings. The number of imidazole rings is 1. The summed E-state index contributed by atoms with van der Waals surface area (Å²) in [5, 5.41) is 1.67. The molecule has 8 nitrogen and oxygen atoms in total. The van der Waals surface area contributed by atoms with Crippen molar-refractivity contribution >= 4 is 32.5 Å². The van der Waals surface area contributed by atoms with Crippen LogP contribution in [-0.4, -0.2) is 61.2 Å². The molecule has 1 aromatic heterocycles. The van der Waals surface area contributed by atoms with E-state index in [1.807, 2.05) is 42.7 Å². The lowest BCUT2D eigenvalue weighted by atomic mass is 9.77. The van der Waals surface area contributed by atoms with Gasteiger partial charge in [0.2, 0.25) is 5.91 Å². The molecule has 1 aliphatic heterocycles. The van der Waals surface area contributed by atoms with Gasteiger partial charge in [0.05, 0.1) is 30.5 Å². The number of amides is 1. The SMILES string of the molecule is CS(=O)(=O)Oc1ccc2cccc(N3CCN(CCc4cn(C(c5ccccc5)(c5ccccc5)c5ccccc5)cn4)CC3=O)c2c1. The second kappa shape index (κ2) is 13.1. The normalized spacial score (nSPS) is 14.4. The summed E-state index contributed by atoms with van der Waals surface area (Å²) in [7, 11) is -3.67. The highest BCUT2D eigenvalue weighted by Gasteiger charge is 2.38. The molecule has 242 valence electrons. The van der Waals surface area contributed by atoms with Crippen LogP contribution in [0.3, 0.4) is 0 Å². The van der Waals surface area contributed by atoms with Crippen LogP contribution in [0.2, 0.25) is 0 Å². The highest BCUT2D eigenvalue weighted by atomic mass is 32.2. The first-order valence-corrected chi connectivity index (χ1v) is 17.8. The number of hydrogen-bond donors (Lipinski definition) is 0. The van der Waals surface area contributed by atoms with E-state index in [1.165, 1.54) is 0 Å². The summed E-state index contributed by atoms with van der Waals surface area (Å²) < 4.78 is 30.8. The van der Waals surface area contributed by atoms with Crippen LogP contribution in [0.1, 0.15) is 22.4 Å². The molecule has 1 saturated heterocycles. The molecule has 0 aliphatic carbocycles. The first-order valence-electron chi connectivity index (χ1n) is 16.0. The Bertz CT molecular complexity index is 2060. The van der Waals surface area contributed by atoms with Gasteiger partial charge in [-0.1, -0.05) is 109 Å². The van der Waals surface area contributed by atoms with E-state index >= 15 is 0 Å². The van der Waals surface area contributed by atoms with Gasteiger partial charge in [0.1, 0.15) is 11.3 Å². The Balaban J connectivity index is 1.11. The Hall–Kier alpha value is -5.25. The van der Waals surface area contributed by atoms with Gasteiger partial charge in [-0.2, -0.15) is 8.42 Å². The van der Waals surface area contributed by atoms with Crippen LogP contribution in [0, 0.1) is 0 Å². The molecule has 48 heavy (non-hydrogen) atoms. The number of nitrogens with zero attached hydrogens (tertiary/aromatic N) is 4. The van der Waals surface area contributed by atoms with Crippen molar-refractivity contribution in [1.82, 2.24) is 14.5 Å². The van der Waals surface area contributed by atoms with Crippen molar-refractivity contribution in [2.75, 3.05) is 37.3 Å². The second-order valence-corrected chi connectivity index (χ2v) is 13.7. The lowest BCUT2D eigenvalue weighted by molar-refractivity contribution is -0.121. The van der Waals surface area contributed by atoms with Crippen molar-refractivity contribution in [1.29, 1.82) is 0 Å². The highest BCUT2D eigenvalue weighted by molar-refractivity contribution is 7.86. The second-order valence-electron chi connectivity index (χ2n) is 12.1. The first-order chi connectivity index (χ1) is 23.3. The predicted molar refractivity (Wildman–Crippen MR) is 189 cm³/mol. The molecule has 1 aliphatic rings. The van der Waals surface area contributed by atoms with Crippen LogP contribution in [0.15, 0.2) is 140 Å². The summed E-state index contributed by atoms with van der Waals surface area (Å²) in [5.74, 6) is 0.212. The van der Waals surface area contributed by atoms with Crippen LogP contribution in [0.25, 0.3) is 10.8 Å². The van der Waals surface area contributed by atoms with Crippen molar-refractivity contribution in [2.24, 2.45) is 0 Å². The summed E-state index contributed by atoms with van der Waals surface area (Å²) in [5.41, 5.74) is 4.48. The van der Waals surface area contributed by atoms with Gasteiger partial charge in [-0.15, -0.1) is 0 Å². The highest BCUT2D eigenvalue weighted by Crippen LogP contribution is 2.41. The molecule has 0 radical (unpaired) electrons. The summed E-state index contributed by atoms with van der Waals surface area (Å²) in [4.78, 5) is 22.3. The number of rotatable bonds is 10. The summed E-state index contributed by atoms with van der Waals surface area (Å²) in [6.45, 7) is 2.18. The smallest absolute Gasteiger partial charge is 0.306 e. The van der Waals surface area contributed by atoms with E-state index in [-0.39, 0.29) is 18.2 Å². The fraction of sp³-hybridized carbons (Fsp3) is 0.179. The van der Waals surface area contributed by atoms with Crippen LogP contribution < -0.4 is 9.08 Å². The predicted octanol–water partition coefficient (Wildman–Crippen LogP) is 6.11. The van der Waals surface area contributed by atoms with E-state index in [0.29, 0.717) is 26.1 Å². The van der Waals surface area contributed by atoms with E-state index in [2.05, 4.69) is 88.5 Å². The van der Waals surface area contributed by atoms with Crippen LogP contribution in [-0.2, 0) is 26.9 Å². The van der Waals surface area contributed by atoms with E-state index in [4.69, 9.17) is 9.17 Å². The minimum Gasteiger partial charge on any atom is -0.383 e. The number of hydrogen-bond acceptors (Lipinski definition) is 6. The average Bonchev–Trinajstić information content (AvgIpc) is 3.58. The zero-order chi connectivity index (χ0) is 33.1. The largest absolute Gasteiger partial charge is 0.383 e. The zero-order valence-corrected chi connectivity index (χ0v) is 27.5. The molecule has 0 unspecified atom stereocenters. The van der Waals surface area contributed by atoms with Crippen LogP contribution in [0.4, 0.5) is 5.69 Å². The Labute approximate surface area is 281 Å². The van der Waals surface area contributed by atoms with Crippen molar-refractivity contribution in [3.63, 3.8) is 0 Å². The van der Waals surface area contributed by atoms with Crippen molar-refractivity contribution in [2.45, 2.75) is 12.0 Å². The number of aromatic nitrogens is 2. The maximum atomic E-state index is 13.5. The van der Waals surface area contributed by atoms with Crippen LogP contribution in [0.5, 0.6) is 5.75 Å². The first kappa shape index (κ1) is 31.4. The Kier molecular flexibility index (Phi) is 8.56. The number of carbonyl (C=O) groups excluding carboxylic acids is 1. The summed E-state index contributed by atoms with van der Waals surface area (Å²) in [6, 6.07) is 42.4. The van der Waals surface area contributed by atoms with Gasteiger partial charge in [-0.3, -0.25) is 9.69 Å². The molecule has 2 heterocycles. The van der Waals surface area contributed by atoms with E-state index in [0.717, 1.165) is 45.1 Å². The van der Waals surface area contributed by atoms with Crippen LogP contribution >= 0.6 is 0 Å². The van der Waals surface area contributed by atoms with Crippen molar-refractivity contribution in [3.8, 4) is 5.75 Å². The third-order valence-corrected chi connectivity index (χ3v) is 9.45. The number of fused-ring (bicyclic) bond motifs is 1. The topological polar surface area (TPSA) is 84.7 Å². The number of benzene rings is 5. The van der Waals surface area contributed by atoms with Gasteiger partial charge in [0, 0.05) is 37.6 Å². The van der Waals surface area contributed by atoms with Crippen molar-refractivity contribution in [3.05, 3.63) is 162 Å². The van der Waals surface area contributed by atoms with Gasteiger partial charge in [0.15, 0.2) is 0 Å². The number of anilines is 1. The number of piperazine rings is 1. The lowest BCUT2D eigenvalue weighted by Crippen LogP contribution is -2.51. The van der Waals surface area contributed by atoms with Crippen molar-refractivity contribution < 1.29 is 17.4 Å².